The van der Waals surface area contributed by atoms with Crippen molar-refractivity contribution < 1.29 is 34.0 Å². The Balaban J connectivity index is 1.54. The summed E-state index contributed by atoms with van der Waals surface area (Å²) in [4.78, 5) is 27.0. The van der Waals surface area contributed by atoms with Gasteiger partial charge in [0, 0.05) is 41.9 Å². The maximum Gasteiger partial charge on any atom is 0.342 e. The number of hydrogen-bond acceptors (Lipinski definition) is 7. The van der Waals surface area contributed by atoms with Crippen molar-refractivity contribution in [3.8, 4) is 23.0 Å². The van der Waals surface area contributed by atoms with Gasteiger partial charge in [-0.15, -0.1) is 0 Å². The SMILES string of the molecule is COc1ccc2c(c1)Oc1cc(O)ccc1C21OC(=O)c2c(N3CCC(C(=O)O)CC3)cccc21. The predicted octanol–water partition coefficient (Wildman–Crippen LogP) is 4.27. The van der Waals surface area contributed by atoms with Crippen molar-refractivity contribution in [3.05, 3.63) is 76.9 Å². The van der Waals surface area contributed by atoms with Crippen molar-refractivity contribution in [2.75, 3.05) is 25.1 Å². The molecule has 3 aromatic carbocycles. The zero-order chi connectivity index (χ0) is 24.3. The first-order valence-corrected chi connectivity index (χ1v) is 11.5. The molecular weight excluding hydrogens is 450 g/mol. The van der Waals surface area contributed by atoms with Crippen LogP contribution in [0.4, 0.5) is 5.69 Å². The van der Waals surface area contributed by atoms with E-state index in [1.54, 1.807) is 31.4 Å². The van der Waals surface area contributed by atoms with Gasteiger partial charge in [-0.2, -0.15) is 0 Å². The van der Waals surface area contributed by atoms with Crippen molar-refractivity contribution in [1.82, 2.24) is 0 Å². The Morgan fingerprint density at radius 1 is 1.03 bits per heavy atom. The molecule has 3 aliphatic rings. The lowest BCUT2D eigenvalue weighted by Gasteiger charge is -2.37. The van der Waals surface area contributed by atoms with Crippen LogP contribution in [0.25, 0.3) is 0 Å². The number of phenols is 1. The van der Waals surface area contributed by atoms with Crippen molar-refractivity contribution in [2.45, 2.75) is 18.4 Å². The third-order valence-electron chi connectivity index (χ3n) is 7.19. The molecule has 0 bridgehead atoms. The fraction of sp³-hybridized carbons (Fsp3) is 0.259. The monoisotopic (exact) mass is 473 g/mol. The third kappa shape index (κ3) is 3.06. The summed E-state index contributed by atoms with van der Waals surface area (Å²) in [6.07, 6.45) is 1.02. The molecule has 1 atom stereocenters. The molecule has 3 aromatic rings. The molecule has 1 saturated heterocycles. The summed E-state index contributed by atoms with van der Waals surface area (Å²) >= 11 is 0. The Hall–Kier alpha value is -4.20. The average molecular weight is 473 g/mol. The second kappa shape index (κ2) is 7.66. The highest BCUT2D eigenvalue weighted by atomic mass is 16.6. The number of methoxy groups -OCH3 is 1. The summed E-state index contributed by atoms with van der Waals surface area (Å²) < 4.78 is 17.7. The molecule has 8 heteroatoms. The van der Waals surface area contributed by atoms with Crippen LogP contribution in [-0.2, 0) is 15.1 Å². The fourth-order valence-electron chi connectivity index (χ4n) is 5.48. The number of esters is 1. The van der Waals surface area contributed by atoms with Crippen LogP contribution in [-0.4, -0.2) is 42.4 Å². The number of rotatable bonds is 3. The first kappa shape index (κ1) is 21.3. The predicted molar refractivity (Wildman–Crippen MR) is 125 cm³/mol. The smallest absolute Gasteiger partial charge is 0.342 e. The molecule has 2 N–H and O–H groups in total. The third-order valence-corrected chi connectivity index (χ3v) is 7.19. The van der Waals surface area contributed by atoms with Crippen LogP contribution in [0.1, 0.15) is 39.9 Å². The van der Waals surface area contributed by atoms with Gasteiger partial charge in [0.1, 0.15) is 23.0 Å². The molecule has 178 valence electrons. The van der Waals surface area contributed by atoms with Crippen LogP contribution in [0.2, 0.25) is 0 Å². The number of fused-ring (bicyclic) bond motifs is 6. The largest absolute Gasteiger partial charge is 0.508 e. The number of phenolic OH excluding ortho intramolecular Hbond substituents is 1. The van der Waals surface area contributed by atoms with E-state index in [-0.39, 0.29) is 11.7 Å². The molecule has 0 amide bonds. The minimum Gasteiger partial charge on any atom is -0.508 e. The molecule has 3 heterocycles. The number of nitrogens with zero attached hydrogens (tertiary/aromatic N) is 1. The molecule has 1 spiro atoms. The number of carboxylic acid groups (broad SMARTS) is 1. The topological polar surface area (TPSA) is 106 Å². The molecular formula is C27H23NO7. The number of benzene rings is 3. The first-order chi connectivity index (χ1) is 16.9. The van der Waals surface area contributed by atoms with E-state index >= 15 is 0 Å². The first-order valence-electron chi connectivity index (χ1n) is 11.5. The van der Waals surface area contributed by atoms with Gasteiger partial charge in [0.2, 0.25) is 0 Å². The van der Waals surface area contributed by atoms with Crippen LogP contribution in [0, 0.1) is 5.92 Å². The van der Waals surface area contributed by atoms with Gasteiger partial charge in [0.05, 0.1) is 24.3 Å². The lowest BCUT2D eigenvalue weighted by molar-refractivity contribution is -0.142. The zero-order valence-corrected chi connectivity index (χ0v) is 19.0. The second-order valence-electron chi connectivity index (χ2n) is 9.01. The van der Waals surface area contributed by atoms with Gasteiger partial charge in [-0.3, -0.25) is 4.79 Å². The molecule has 6 rings (SSSR count). The van der Waals surface area contributed by atoms with Crippen LogP contribution >= 0.6 is 0 Å². The van der Waals surface area contributed by atoms with Gasteiger partial charge in [0.15, 0.2) is 5.60 Å². The number of carbonyl (C=O) groups excluding carboxylic acids is 1. The molecule has 3 aliphatic heterocycles. The van der Waals surface area contributed by atoms with E-state index in [0.29, 0.717) is 65.4 Å². The van der Waals surface area contributed by atoms with Gasteiger partial charge in [-0.25, -0.2) is 4.79 Å². The van der Waals surface area contributed by atoms with Crippen molar-refractivity contribution in [2.24, 2.45) is 5.92 Å². The Kier molecular flexibility index (Phi) is 4.67. The Bertz CT molecular complexity index is 1380. The van der Waals surface area contributed by atoms with Gasteiger partial charge in [-0.1, -0.05) is 12.1 Å². The van der Waals surface area contributed by atoms with Gasteiger partial charge >= 0.3 is 11.9 Å². The molecule has 0 aromatic heterocycles. The summed E-state index contributed by atoms with van der Waals surface area (Å²) in [5, 5.41) is 19.5. The number of aromatic hydroxyl groups is 1. The molecule has 0 radical (unpaired) electrons. The highest BCUT2D eigenvalue weighted by Crippen LogP contribution is 2.58. The minimum absolute atomic E-state index is 0.0323. The summed E-state index contributed by atoms with van der Waals surface area (Å²) in [7, 11) is 1.56. The number of aliphatic carboxylic acids is 1. The number of ether oxygens (including phenoxy) is 3. The van der Waals surface area contributed by atoms with E-state index in [1.807, 2.05) is 24.3 Å². The molecule has 0 aliphatic carbocycles. The number of carbonyl (C=O) groups is 2. The minimum atomic E-state index is -1.26. The number of anilines is 1. The van der Waals surface area contributed by atoms with Crippen LogP contribution in [0.15, 0.2) is 54.6 Å². The van der Waals surface area contributed by atoms with Gasteiger partial charge in [0.25, 0.3) is 0 Å². The molecule has 35 heavy (non-hydrogen) atoms. The van der Waals surface area contributed by atoms with Gasteiger partial charge in [-0.05, 0) is 43.2 Å². The Morgan fingerprint density at radius 3 is 2.46 bits per heavy atom. The summed E-state index contributed by atoms with van der Waals surface area (Å²) in [6.45, 7) is 1.07. The van der Waals surface area contributed by atoms with E-state index in [2.05, 4.69) is 4.90 Å². The van der Waals surface area contributed by atoms with E-state index in [9.17, 15) is 19.8 Å². The summed E-state index contributed by atoms with van der Waals surface area (Å²) in [5.74, 6) is -0.144. The van der Waals surface area contributed by atoms with Crippen LogP contribution in [0.3, 0.4) is 0 Å². The van der Waals surface area contributed by atoms with Crippen molar-refractivity contribution >= 4 is 17.6 Å². The summed E-state index contributed by atoms with van der Waals surface area (Å²) in [6, 6.07) is 15.8. The number of piperidine rings is 1. The fourth-order valence-corrected chi connectivity index (χ4v) is 5.48. The molecule has 1 unspecified atom stereocenters. The standard InChI is InChI=1S/C27H23NO7/c1-33-17-6-8-19-23(14-17)34-22-13-16(29)5-7-18(22)27(19)20-3-2-4-21(24(20)26(32)35-27)28-11-9-15(10-12-28)25(30)31/h2-8,13-15,29H,9-12H2,1H3,(H,30,31). The van der Waals surface area contributed by atoms with E-state index in [4.69, 9.17) is 14.2 Å². The maximum absolute atomic E-state index is 13.5. The van der Waals surface area contributed by atoms with Crippen LogP contribution < -0.4 is 14.4 Å². The highest BCUT2D eigenvalue weighted by molar-refractivity contribution is 6.02. The summed E-state index contributed by atoms with van der Waals surface area (Å²) in [5.41, 5.74) is 1.89. The number of carboxylic acids is 1. The van der Waals surface area contributed by atoms with E-state index in [1.165, 1.54) is 6.07 Å². The Labute approximate surface area is 201 Å². The van der Waals surface area contributed by atoms with Gasteiger partial charge < -0.3 is 29.3 Å². The van der Waals surface area contributed by atoms with Crippen molar-refractivity contribution in [3.63, 3.8) is 0 Å². The molecule has 8 nitrogen and oxygen atoms in total. The van der Waals surface area contributed by atoms with Crippen LogP contribution in [0.5, 0.6) is 23.0 Å². The quantitative estimate of drug-likeness (QED) is 0.544. The van der Waals surface area contributed by atoms with E-state index < -0.39 is 17.5 Å². The lowest BCUT2D eigenvalue weighted by atomic mass is 9.77. The molecule has 1 fully saturated rings. The van der Waals surface area contributed by atoms with Crippen molar-refractivity contribution in [1.29, 1.82) is 0 Å². The average Bonchev–Trinajstić information content (AvgIpc) is 3.16. The number of hydrogen-bond donors (Lipinski definition) is 2. The zero-order valence-electron chi connectivity index (χ0n) is 19.0. The highest BCUT2D eigenvalue weighted by Gasteiger charge is 2.54. The lowest BCUT2D eigenvalue weighted by Crippen LogP contribution is -2.37. The maximum atomic E-state index is 13.5. The molecule has 0 saturated carbocycles. The normalized spacial score (nSPS) is 20.5. The van der Waals surface area contributed by atoms with E-state index in [0.717, 1.165) is 5.69 Å². The second-order valence-corrected chi connectivity index (χ2v) is 9.01. The Morgan fingerprint density at radius 2 is 1.74 bits per heavy atom.